The maximum atomic E-state index is 13.7. The van der Waals surface area contributed by atoms with Crippen molar-refractivity contribution in [2.45, 2.75) is 33.1 Å². The summed E-state index contributed by atoms with van der Waals surface area (Å²) in [4.78, 5) is 0. The van der Waals surface area contributed by atoms with Gasteiger partial charge in [-0.2, -0.15) is 5.26 Å². The summed E-state index contributed by atoms with van der Waals surface area (Å²) in [5.41, 5.74) is 5.41. The van der Waals surface area contributed by atoms with Crippen molar-refractivity contribution in [3.8, 4) is 11.8 Å². The lowest BCUT2D eigenvalue weighted by atomic mass is 9.90. The lowest BCUT2D eigenvalue weighted by Gasteiger charge is -2.15. The molecule has 0 spiro atoms. The zero-order valence-electron chi connectivity index (χ0n) is 11.9. The molecule has 0 saturated carbocycles. The van der Waals surface area contributed by atoms with Gasteiger partial charge in [0.15, 0.2) is 17.4 Å². The van der Waals surface area contributed by atoms with Gasteiger partial charge in [0, 0.05) is 0 Å². The van der Waals surface area contributed by atoms with E-state index in [-0.39, 0.29) is 12.4 Å². The molecule has 0 unspecified atom stereocenters. The van der Waals surface area contributed by atoms with Crippen molar-refractivity contribution in [3.05, 3.63) is 29.3 Å². The van der Waals surface area contributed by atoms with Gasteiger partial charge in [0.05, 0.1) is 18.1 Å². The van der Waals surface area contributed by atoms with Gasteiger partial charge in [-0.15, -0.1) is 0 Å². The maximum absolute atomic E-state index is 13.7. The zero-order valence-corrected chi connectivity index (χ0v) is 11.9. The van der Waals surface area contributed by atoms with Gasteiger partial charge in [0.25, 0.3) is 0 Å². The highest BCUT2D eigenvalue weighted by Crippen LogP contribution is 2.25. The van der Waals surface area contributed by atoms with E-state index in [1.54, 1.807) is 0 Å². The molecule has 0 bridgehead atoms. The molecule has 0 radical (unpaired) electrons. The Morgan fingerprint density at radius 2 is 1.90 bits per heavy atom. The predicted octanol–water partition coefficient (Wildman–Crippen LogP) is 3.17. The van der Waals surface area contributed by atoms with Crippen LogP contribution in [0.2, 0.25) is 0 Å². The molecule has 1 rings (SSSR count). The Hall–Kier alpha value is -1.67. The smallest absolute Gasteiger partial charge is 0.190 e. The molecule has 0 aromatic heterocycles. The highest BCUT2D eigenvalue weighted by molar-refractivity contribution is 5.31. The summed E-state index contributed by atoms with van der Waals surface area (Å²) in [6.07, 6.45) is 1.59. The van der Waals surface area contributed by atoms with Crippen molar-refractivity contribution in [3.63, 3.8) is 0 Å². The minimum atomic E-state index is -0.715. The van der Waals surface area contributed by atoms with Gasteiger partial charge in [-0.3, -0.25) is 0 Å². The number of hydrogen-bond donors (Lipinski definition) is 1. The topological polar surface area (TPSA) is 59.0 Å². The van der Waals surface area contributed by atoms with Crippen molar-refractivity contribution in [1.29, 1.82) is 5.26 Å². The van der Waals surface area contributed by atoms with E-state index in [1.807, 2.05) is 13.8 Å². The van der Waals surface area contributed by atoms with Gasteiger partial charge in [-0.05, 0) is 57.4 Å². The number of nitrogens with zero attached hydrogens (tertiary/aromatic N) is 1. The zero-order chi connectivity index (χ0) is 15.2. The summed E-state index contributed by atoms with van der Waals surface area (Å²) in [5, 5.41) is 8.86. The molecular weight excluding hydrogens is 262 g/mol. The second-order valence-electron chi connectivity index (χ2n) is 5.37. The summed E-state index contributed by atoms with van der Waals surface area (Å²) >= 11 is 0. The molecule has 1 aromatic carbocycles. The molecule has 0 amide bonds. The first-order valence-electron chi connectivity index (χ1n) is 6.61. The van der Waals surface area contributed by atoms with Crippen LogP contribution in [0.5, 0.6) is 5.75 Å². The van der Waals surface area contributed by atoms with E-state index in [2.05, 4.69) is 6.07 Å². The fourth-order valence-corrected chi connectivity index (χ4v) is 1.81. The molecule has 0 fully saturated rings. The molecule has 3 nitrogen and oxygen atoms in total. The first-order chi connectivity index (χ1) is 9.39. The third-order valence-electron chi connectivity index (χ3n) is 2.99. The Morgan fingerprint density at radius 3 is 2.40 bits per heavy atom. The van der Waals surface area contributed by atoms with Crippen LogP contribution in [0.15, 0.2) is 12.1 Å². The molecule has 0 aliphatic carbocycles. The molecule has 0 atom stereocenters. The monoisotopic (exact) mass is 282 g/mol. The lowest BCUT2D eigenvalue weighted by molar-refractivity contribution is 0.260. The Kier molecular flexibility index (Phi) is 5.90. The summed E-state index contributed by atoms with van der Waals surface area (Å²) in [6, 6.07) is 4.65. The average molecular weight is 282 g/mol. The van der Waals surface area contributed by atoms with Crippen LogP contribution in [-0.2, 0) is 6.42 Å². The third kappa shape index (κ3) is 4.78. The molecular formula is C15H20F2N2O. The van der Waals surface area contributed by atoms with Crippen molar-refractivity contribution >= 4 is 0 Å². The second-order valence-corrected chi connectivity index (χ2v) is 5.37. The second kappa shape index (κ2) is 7.20. The van der Waals surface area contributed by atoms with Crippen molar-refractivity contribution in [2.24, 2.45) is 11.1 Å². The fraction of sp³-hybridized carbons (Fsp3) is 0.533. The van der Waals surface area contributed by atoms with Gasteiger partial charge < -0.3 is 10.5 Å². The van der Waals surface area contributed by atoms with E-state index in [0.717, 1.165) is 0 Å². The van der Waals surface area contributed by atoms with E-state index in [1.165, 1.54) is 12.1 Å². The number of halogens is 2. The largest absolute Gasteiger partial charge is 0.488 e. The molecule has 0 saturated heterocycles. The van der Waals surface area contributed by atoms with Crippen molar-refractivity contribution in [1.82, 2.24) is 0 Å². The minimum absolute atomic E-state index is 0.176. The van der Waals surface area contributed by atoms with Crippen LogP contribution in [0.25, 0.3) is 0 Å². The Balaban J connectivity index is 2.59. The van der Waals surface area contributed by atoms with Crippen molar-refractivity contribution in [2.75, 3.05) is 13.2 Å². The number of rotatable bonds is 7. The highest BCUT2D eigenvalue weighted by Gasteiger charge is 2.17. The number of nitrogens with two attached hydrogens (primary N) is 1. The van der Waals surface area contributed by atoms with Crippen LogP contribution in [0.1, 0.15) is 32.3 Å². The van der Waals surface area contributed by atoms with Crippen LogP contribution >= 0.6 is 0 Å². The van der Waals surface area contributed by atoms with E-state index in [0.29, 0.717) is 31.4 Å². The summed E-state index contributed by atoms with van der Waals surface area (Å²) in [7, 11) is 0. The standard InChI is InChI=1S/C15H20F2N2O/c1-15(2,10-19)5-3-7-20-14-12(16)8-11(4-6-18)9-13(14)17/h8-9H,3-7,18H2,1-2H3. The summed E-state index contributed by atoms with van der Waals surface area (Å²) in [6.45, 7) is 4.14. The quantitative estimate of drug-likeness (QED) is 0.781. The Morgan fingerprint density at radius 1 is 1.30 bits per heavy atom. The Labute approximate surface area is 118 Å². The first kappa shape index (κ1) is 16.4. The van der Waals surface area contributed by atoms with Gasteiger partial charge >= 0.3 is 0 Å². The highest BCUT2D eigenvalue weighted by atomic mass is 19.1. The molecule has 0 aliphatic heterocycles. The van der Waals surface area contributed by atoms with Crippen LogP contribution in [0, 0.1) is 28.4 Å². The summed E-state index contributed by atoms with van der Waals surface area (Å²) in [5.74, 6) is -1.79. The Bertz CT molecular complexity index is 472. The van der Waals surface area contributed by atoms with Crippen LogP contribution < -0.4 is 10.5 Å². The molecule has 2 N–H and O–H groups in total. The van der Waals surface area contributed by atoms with Crippen LogP contribution in [0.3, 0.4) is 0 Å². The molecule has 0 heterocycles. The first-order valence-corrected chi connectivity index (χ1v) is 6.61. The van der Waals surface area contributed by atoms with E-state index < -0.39 is 17.0 Å². The number of hydrogen-bond acceptors (Lipinski definition) is 3. The number of benzene rings is 1. The molecule has 110 valence electrons. The van der Waals surface area contributed by atoms with Gasteiger partial charge in [0.1, 0.15) is 0 Å². The number of nitriles is 1. The SMILES string of the molecule is CC(C)(C#N)CCCOc1c(F)cc(CCN)cc1F. The predicted molar refractivity (Wildman–Crippen MR) is 73.2 cm³/mol. The van der Waals surface area contributed by atoms with Crippen LogP contribution in [-0.4, -0.2) is 13.2 Å². The summed E-state index contributed by atoms with van der Waals surface area (Å²) < 4.78 is 32.6. The van der Waals surface area contributed by atoms with Gasteiger partial charge in [-0.25, -0.2) is 8.78 Å². The normalized spacial score (nSPS) is 11.2. The fourth-order valence-electron chi connectivity index (χ4n) is 1.81. The third-order valence-corrected chi connectivity index (χ3v) is 2.99. The van der Waals surface area contributed by atoms with E-state index >= 15 is 0 Å². The average Bonchev–Trinajstić information content (AvgIpc) is 2.37. The minimum Gasteiger partial charge on any atom is -0.488 e. The van der Waals surface area contributed by atoms with E-state index in [4.69, 9.17) is 15.7 Å². The van der Waals surface area contributed by atoms with Gasteiger partial charge in [0.2, 0.25) is 0 Å². The van der Waals surface area contributed by atoms with Gasteiger partial charge in [-0.1, -0.05) is 0 Å². The molecule has 5 heteroatoms. The van der Waals surface area contributed by atoms with Crippen molar-refractivity contribution < 1.29 is 13.5 Å². The molecule has 1 aromatic rings. The van der Waals surface area contributed by atoms with E-state index in [9.17, 15) is 8.78 Å². The molecule has 20 heavy (non-hydrogen) atoms. The maximum Gasteiger partial charge on any atom is 0.190 e. The number of ether oxygens (including phenoxy) is 1. The van der Waals surface area contributed by atoms with Crippen LogP contribution in [0.4, 0.5) is 8.78 Å². The lowest BCUT2D eigenvalue weighted by Crippen LogP contribution is -2.11. The molecule has 0 aliphatic rings.